The first-order valence-corrected chi connectivity index (χ1v) is 10.3. The molecule has 6 heteroatoms. The summed E-state index contributed by atoms with van der Waals surface area (Å²) in [6, 6.07) is 12.0. The van der Waals surface area contributed by atoms with Crippen LogP contribution >= 0.6 is 0 Å². The van der Waals surface area contributed by atoms with Crippen LogP contribution in [0.5, 0.6) is 11.5 Å². The van der Waals surface area contributed by atoms with Gasteiger partial charge >= 0.3 is 0 Å². The van der Waals surface area contributed by atoms with E-state index in [1.165, 1.54) is 0 Å². The standard InChI is InChI=1S/C24H29N3O3/c1-5-29-21-8-7-19(16-22(21)30-6-2)9-10-25-23-24(28)27(12-11-26-23)20-14-17(3)13-18(4)15-20/h7-8,11-16H,5-6,9-10H2,1-4H3,(H,25,26). The molecular formula is C24H29N3O3. The summed E-state index contributed by atoms with van der Waals surface area (Å²) < 4.78 is 12.9. The highest BCUT2D eigenvalue weighted by Crippen LogP contribution is 2.28. The molecule has 0 spiro atoms. The second-order valence-electron chi connectivity index (χ2n) is 7.12. The molecule has 0 atom stereocenters. The van der Waals surface area contributed by atoms with Gasteiger partial charge in [0.2, 0.25) is 0 Å². The number of aryl methyl sites for hydroxylation is 2. The Bertz CT molecular complexity index is 1040. The van der Waals surface area contributed by atoms with Crippen LogP contribution in [0, 0.1) is 13.8 Å². The van der Waals surface area contributed by atoms with Crippen molar-refractivity contribution < 1.29 is 9.47 Å². The predicted octanol–water partition coefficient (Wildman–Crippen LogP) is 4.30. The third kappa shape index (κ3) is 5.20. The third-order valence-corrected chi connectivity index (χ3v) is 4.64. The quantitative estimate of drug-likeness (QED) is 0.573. The maximum absolute atomic E-state index is 12.9. The van der Waals surface area contributed by atoms with Crippen LogP contribution in [0.15, 0.2) is 53.6 Å². The summed E-state index contributed by atoms with van der Waals surface area (Å²) in [5.74, 6) is 1.83. The van der Waals surface area contributed by atoms with Gasteiger partial charge in [-0.05, 0) is 75.1 Å². The molecule has 0 saturated heterocycles. The molecule has 0 fully saturated rings. The zero-order chi connectivity index (χ0) is 21.5. The zero-order valence-corrected chi connectivity index (χ0v) is 18.1. The topological polar surface area (TPSA) is 65.4 Å². The molecule has 1 aromatic heterocycles. The summed E-state index contributed by atoms with van der Waals surface area (Å²) in [5, 5.41) is 3.18. The molecular weight excluding hydrogens is 378 g/mol. The van der Waals surface area contributed by atoms with E-state index < -0.39 is 0 Å². The fraction of sp³-hybridized carbons (Fsp3) is 0.333. The first-order valence-electron chi connectivity index (χ1n) is 10.3. The minimum absolute atomic E-state index is 0.163. The molecule has 30 heavy (non-hydrogen) atoms. The average Bonchev–Trinajstić information content (AvgIpc) is 2.71. The third-order valence-electron chi connectivity index (χ3n) is 4.64. The second-order valence-corrected chi connectivity index (χ2v) is 7.12. The van der Waals surface area contributed by atoms with Gasteiger partial charge < -0.3 is 14.8 Å². The Balaban J connectivity index is 1.72. The number of ether oxygens (including phenoxy) is 2. The zero-order valence-electron chi connectivity index (χ0n) is 18.1. The van der Waals surface area contributed by atoms with Crippen molar-refractivity contribution in [1.82, 2.24) is 9.55 Å². The van der Waals surface area contributed by atoms with E-state index in [-0.39, 0.29) is 5.56 Å². The van der Waals surface area contributed by atoms with Gasteiger partial charge in [0.1, 0.15) is 0 Å². The maximum Gasteiger partial charge on any atom is 0.297 e. The van der Waals surface area contributed by atoms with Crippen LogP contribution < -0.4 is 20.3 Å². The molecule has 0 aliphatic rings. The van der Waals surface area contributed by atoms with Crippen molar-refractivity contribution in [3.8, 4) is 17.2 Å². The Labute approximate surface area is 177 Å². The van der Waals surface area contributed by atoms with Gasteiger partial charge in [-0.1, -0.05) is 12.1 Å². The minimum Gasteiger partial charge on any atom is -0.490 e. The van der Waals surface area contributed by atoms with Crippen LogP contribution in [-0.4, -0.2) is 29.3 Å². The summed E-state index contributed by atoms with van der Waals surface area (Å²) in [5.41, 5.74) is 4.01. The largest absolute Gasteiger partial charge is 0.490 e. The van der Waals surface area contributed by atoms with Crippen molar-refractivity contribution >= 4 is 5.82 Å². The Kier molecular flexibility index (Phi) is 7.12. The van der Waals surface area contributed by atoms with Crippen LogP contribution in [0.25, 0.3) is 5.69 Å². The summed E-state index contributed by atoms with van der Waals surface area (Å²) in [6.45, 7) is 9.70. The van der Waals surface area contributed by atoms with Gasteiger partial charge in [0.25, 0.3) is 5.56 Å². The number of benzene rings is 2. The lowest BCUT2D eigenvalue weighted by Gasteiger charge is -2.13. The second kappa shape index (κ2) is 9.96. The number of anilines is 1. The van der Waals surface area contributed by atoms with Crippen molar-refractivity contribution in [1.29, 1.82) is 0 Å². The summed E-state index contributed by atoms with van der Waals surface area (Å²) in [4.78, 5) is 17.1. The molecule has 3 aromatic rings. The number of nitrogens with zero attached hydrogens (tertiary/aromatic N) is 2. The molecule has 0 radical (unpaired) electrons. The van der Waals surface area contributed by atoms with Gasteiger partial charge in [0.15, 0.2) is 17.3 Å². The van der Waals surface area contributed by atoms with Gasteiger partial charge in [-0.2, -0.15) is 0 Å². The van der Waals surface area contributed by atoms with E-state index in [4.69, 9.17) is 9.47 Å². The minimum atomic E-state index is -0.163. The smallest absolute Gasteiger partial charge is 0.297 e. The Hall–Kier alpha value is -3.28. The van der Waals surface area contributed by atoms with E-state index in [9.17, 15) is 4.79 Å². The molecule has 0 saturated carbocycles. The molecule has 0 aliphatic heterocycles. The van der Waals surface area contributed by atoms with Crippen LogP contribution in [0.4, 0.5) is 5.82 Å². The normalized spacial score (nSPS) is 10.7. The maximum atomic E-state index is 12.9. The summed E-state index contributed by atoms with van der Waals surface area (Å²) >= 11 is 0. The summed E-state index contributed by atoms with van der Waals surface area (Å²) in [7, 11) is 0. The van der Waals surface area contributed by atoms with Crippen molar-refractivity contribution in [3.05, 3.63) is 75.8 Å². The molecule has 1 heterocycles. The molecule has 0 unspecified atom stereocenters. The fourth-order valence-electron chi connectivity index (χ4n) is 3.40. The molecule has 0 amide bonds. The molecule has 1 N–H and O–H groups in total. The highest BCUT2D eigenvalue weighted by Gasteiger charge is 2.09. The first-order chi connectivity index (χ1) is 14.5. The van der Waals surface area contributed by atoms with Crippen molar-refractivity contribution in [2.24, 2.45) is 0 Å². The van der Waals surface area contributed by atoms with E-state index in [0.29, 0.717) is 25.6 Å². The van der Waals surface area contributed by atoms with E-state index in [1.54, 1.807) is 17.0 Å². The van der Waals surface area contributed by atoms with E-state index >= 15 is 0 Å². The molecule has 0 bridgehead atoms. The Morgan fingerprint density at radius 3 is 2.37 bits per heavy atom. The number of hydrogen-bond acceptors (Lipinski definition) is 5. The predicted molar refractivity (Wildman–Crippen MR) is 120 cm³/mol. The van der Waals surface area contributed by atoms with Crippen LogP contribution in [0.2, 0.25) is 0 Å². The summed E-state index contributed by atoms with van der Waals surface area (Å²) in [6.07, 6.45) is 4.07. The fourth-order valence-corrected chi connectivity index (χ4v) is 3.40. The Morgan fingerprint density at radius 1 is 0.967 bits per heavy atom. The van der Waals surface area contributed by atoms with Gasteiger partial charge in [-0.15, -0.1) is 0 Å². The molecule has 6 nitrogen and oxygen atoms in total. The highest BCUT2D eigenvalue weighted by atomic mass is 16.5. The number of nitrogens with one attached hydrogen (secondary N) is 1. The van der Waals surface area contributed by atoms with Gasteiger partial charge in [0.05, 0.1) is 13.2 Å². The van der Waals surface area contributed by atoms with Gasteiger partial charge in [-0.25, -0.2) is 4.98 Å². The highest BCUT2D eigenvalue weighted by molar-refractivity contribution is 5.44. The Morgan fingerprint density at radius 2 is 1.67 bits per heavy atom. The molecule has 0 aliphatic carbocycles. The van der Waals surface area contributed by atoms with Gasteiger partial charge in [0, 0.05) is 24.6 Å². The monoisotopic (exact) mass is 407 g/mol. The van der Waals surface area contributed by atoms with Crippen LogP contribution in [0.1, 0.15) is 30.5 Å². The van der Waals surface area contributed by atoms with Gasteiger partial charge in [-0.3, -0.25) is 9.36 Å². The van der Waals surface area contributed by atoms with E-state index in [2.05, 4.69) is 16.4 Å². The molecule has 3 rings (SSSR count). The van der Waals surface area contributed by atoms with Crippen molar-refractivity contribution in [2.75, 3.05) is 25.1 Å². The first kappa shape index (κ1) is 21.4. The van der Waals surface area contributed by atoms with Crippen LogP contribution in [-0.2, 0) is 6.42 Å². The lowest BCUT2D eigenvalue weighted by molar-refractivity contribution is 0.287. The number of hydrogen-bond donors (Lipinski definition) is 1. The van der Waals surface area contributed by atoms with E-state index in [1.807, 2.05) is 58.0 Å². The SMILES string of the molecule is CCOc1ccc(CCNc2nccn(-c3cc(C)cc(C)c3)c2=O)cc1OCC. The molecule has 2 aromatic carbocycles. The number of rotatable bonds is 9. The van der Waals surface area contributed by atoms with Crippen molar-refractivity contribution in [2.45, 2.75) is 34.1 Å². The average molecular weight is 408 g/mol. The lowest BCUT2D eigenvalue weighted by atomic mass is 10.1. The number of aromatic nitrogens is 2. The molecule has 158 valence electrons. The van der Waals surface area contributed by atoms with Crippen molar-refractivity contribution in [3.63, 3.8) is 0 Å². The van der Waals surface area contributed by atoms with E-state index in [0.717, 1.165) is 40.3 Å². The lowest BCUT2D eigenvalue weighted by Crippen LogP contribution is -2.24. The van der Waals surface area contributed by atoms with Crippen LogP contribution in [0.3, 0.4) is 0 Å².